The van der Waals surface area contributed by atoms with Crippen molar-refractivity contribution in [1.82, 2.24) is 0 Å². The summed E-state index contributed by atoms with van der Waals surface area (Å²) in [5, 5.41) is 0. The summed E-state index contributed by atoms with van der Waals surface area (Å²) in [6, 6.07) is 0. The average Bonchev–Trinajstić information content (AvgIpc) is 2.15. The number of hydrogen-bond donors (Lipinski definition) is 0. The maximum absolute atomic E-state index is 11.8. The molecule has 0 rings (SSSR count). The normalized spacial score (nSPS) is 12.9. The van der Waals surface area contributed by atoms with Crippen LogP contribution in [0.2, 0.25) is 0 Å². The molecule has 1 atom stereocenters. The van der Waals surface area contributed by atoms with Gasteiger partial charge >= 0.3 is 0 Å². The number of carbonyl (C=O) groups is 1. The maximum atomic E-state index is 11.8. The van der Waals surface area contributed by atoms with Gasteiger partial charge in [0.1, 0.15) is 5.78 Å². The number of rotatable bonds is 8. The highest BCUT2D eigenvalue weighted by molar-refractivity contribution is 5.82. The third-order valence-electron chi connectivity index (χ3n) is 2.58. The maximum Gasteiger partial charge on any atom is 0.138 e. The largest absolute Gasteiger partial charge is 0.299 e. The first-order valence-electron chi connectivity index (χ1n) is 5.78. The predicted molar refractivity (Wildman–Crippen MR) is 62.3 cm³/mol. The summed E-state index contributed by atoms with van der Waals surface area (Å²) in [5.74, 6) is 0.793. The monoisotopic (exact) mass is 196 g/mol. The first-order valence-corrected chi connectivity index (χ1v) is 5.78. The molecule has 1 heteroatoms. The van der Waals surface area contributed by atoms with Gasteiger partial charge in [-0.25, -0.2) is 0 Å². The summed E-state index contributed by atoms with van der Waals surface area (Å²) >= 11 is 0. The molecule has 14 heavy (non-hydrogen) atoms. The van der Waals surface area contributed by atoms with Crippen molar-refractivity contribution >= 4 is 5.78 Å². The van der Waals surface area contributed by atoms with Gasteiger partial charge in [0.15, 0.2) is 0 Å². The zero-order valence-corrected chi connectivity index (χ0v) is 9.88. The molecule has 0 heterocycles. The Morgan fingerprint density at radius 3 is 2.43 bits per heavy atom. The number of ketones is 1. The number of carbonyl (C=O) groups excluding carboxylic acids is 1. The lowest BCUT2D eigenvalue weighted by atomic mass is 9.88. The lowest BCUT2D eigenvalue weighted by Crippen LogP contribution is -2.19. The smallest absolute Gasteiger partial charge is 0.138 e. The summed E-state index contributed by atoms with van der Waals surface area (Å²) in [5.41, 5.74) is 0. The van der Waals surface area contributed by atoms with Crippen molar-refractivity contribution in [3.8, 4) is 0 Å². The van der Waals surface area contributed by atoms with Crippen LogP contribution in [0.5, 0.6) is 0 Å². The van der Waals surface area contributed by atoms with Crippen LogP contribution in [0.15, 0.2) is 12.7 Å². The third kappa shape index (κ3) is 5.21. The second kappa shape index (κ2) is 7.78. The standard InChI is InChI=1S/C13H24O/c1-5-7-8-10-12(9-6-2)13(14)11(3)4/h6,11-12H,2,5,7-10H2,1,3-4H3. The highest BCUT2D eigenvalue weighted by Gasteiger charge is 2.18. The van der Waals surface area contributed by atoms with Gasteiger partial charge in [-0.15, -0.1) is 6.58 Å². The predicted octanol–water partition coefficient (Wildman–Crippen LogP) is 3.98. The minimum atomic E-state index is 0.168. The van der Waals surface area contributed by atoms with Gasteiger partial charge in [-0.3, -0.25) is 4.79 Å². The molecule has 0 saturated heterocycles. The van der Waals surface area contributed by atoms with E-state index in [0.29, 0.717) is 5.78 Å². The van der Waals surface area contributed by atoms with Crippen LogP contribution in [-0.2, 0) is 4.79 Å². The van der Waals surface area contributed by atoms with Crippen molar-refractivity contribution in [2.75, 3.05) is 0 Å². The third-order valence-corrected chi connectivity index (χ3v) is 2.58. The summed E-state index contributed by atoms with van der Waals surface area (Å²) < 4.78 is 0. The Morgan fingerprint density at radius 2 is 2.00 bits per heavy atom. The Hall–Kier alpha value is -0.590. The number of hydrogen-bond acceptors (Lipinski definition) is 1. The van der Waals surface area contributed by atoms with Crippen LogP contribution in [-0.4, -0.2) is 5.78 Å². The van der Waals surface area contributed by atoms with E-state index in [1.165, 1.54) is 19.3 Å². The van der Waals surface area contributed by atoms with Crippen LogP contribution in [0.1, 0.15) is 52.9 Å². The second-order valence-corrected chi connectivity index (χ2v) is 4.27. The molecule has 0 aromatic heterocycles. The molecule has 0 saturated carbocycles. The van der Waals surface area contributed by atoms with Crippen LogP contribution in [0.25, 0.3) is 0 Å². The molecule has 0 aliphatic heterocycles. The van der Waals surface area contributed by atoms with Crippen molar-refractivity contribution in [2.24, 2.45) is 11.8 Å². The van der Waals surface area contributed by atoms with Gasteiger partial charge in [0, 0.05) is 11.8 Å². The molecule has 0 aliphatic carbocycles. The van der Waals surface area contributed by atoms with Gasteiger partial charge in [0.25, 0.3) is 0 Å². The summed E-state index contributed by atoms with van der Waals surface area (Å²) in [6.45, 7) is 9.87. The van der Waals surface area contributed by atoms with E-state index in [9.17, 15) is 4.79 Å². The van der Waals surface area contributed by atoms with Gasteiger partial charge < -0.3 is 0 Å². The molecule has 0 aromatic rings. The first-order chi connectivity index (χ1) is 6.63. The van der Waals surface area contributed by atoms with Gasteiger partial charge in [0.2, 0.25) is 0 Å². The quantitative estimate of drug-likeness (QED) is 0.424. The minimum absolute atomic E-state index is 0.168. The Kier molecular flexibility index (Phi) is 7.45. The van der Waals surface area contributed by atoms with E-state index in [1.807, 2.05) is 19.9 Å². The molecule has 0 aliphatic rings. The first kappa shape index (κ1) is 13.4. The molecule has 82 valence electrons. The molecule has 0 fully saturated rings. The molecule has 0 amide bonds. The molecule has 0 bridgehead atoms. The van der Waals surface area contributed by atoms with E-state index in [1.54, 1.807) is 0 Å². The Bertz CT molecular complexity index is 170. The van der Waals surface area contributed by atoms with Gasteiger partial charge in [0.05, 0.1) is 0 Å². The lowest BCUT2D eigenvalue weighted by molar-refractivity contribution is -0.126. The van der Waals surface area contributed by atoms with Crippen LogP contribution < -0.4 is 0 Å². The average molecular weight is 196 g/mol. The van der Waals surface area contributed by atoms with Crippen molar-refractivity contribution in [3.63, 3.8) is 0 Å². The fraction of sp³-hybridized carbons (Fsp3) is 0.769. The van der Waals surface area contributed by atoms with Gasteiger partial charge in [-0.2, -0.15) is 0 Å². The molecular formula is C13H24O. The van der Waals surface area contributed by atoms with Crippen molar-refractivity contribution in [3.05, 3.63) is 12.7 Å². The van der Waals surface area contributed by atoms with E-state index in [-0.39, 0.29) is 11.8 Å². The second-order valence-electron chi connectivity index (χ2n) is 4.27. The van der Waals surface area contributed by atoms with Crippen molar-refractivity contribution in [2.45, 2.75) is 52.9 Å². The van der Waals surface area contributed by atoms with E-state index < -0.39 is 0 Å². The van der Waals surface area contributed by atoms with Gasteiger partial charge in [-0.1, -0.05) is 46.1 Å². The van der Waals surface area contributed by atoms with Crippen molar-refractivity contribution in [1.29, 1.82) is 0 Å². The zero-order valence-electron chi connectivity index (χ0n) is 9.88. The Labute approximate surface area is 88.6 Å². The molecular weight excluding hydrogens is 172 g/mol. The topological polar surface area (TPSA) is 17.1 Å². The highest BCUT2D eigenvalue weighted by Crippen LogP contribution is 2.19. The van der Waals surface area contributed by atoms with E-state index in [4.69, 9.17) is 0 Å². The van der Waals surface area contributed by atoms with Crippen LogP contribution in [0, 0.1) is 11.8 Å². The highest BCUT2D eigenvalue weighted by atomic mass is 16.1. The summed E-state index contributed by atoms with van der Waals surface area (Å²) in [4.78, 5) is 11.8. The summed E-state index contributed by atoms with van der Waals surface area (Å²) in [7, 11) is 0. The number of Topliss-reactive ketones (excluding diaryl/α,β-unsaturated/α-hetero) is 1. The van der Waals surface area contributed by atoms with Crippen LogP contribution >= 0.6 is 0 Å². The molecule has 1 unspecified atom stereocenters. The lowest BCUT2D eigenvalue weighted by Gasteiger charge is -2.15. The fourth-order valence-electron chi connectivity index (χ4n) is 1.69. The molecule has 0 radical (unpaired) electrons. The Morgan fingerprint density at radius 1 is 1.36 bits per heavy atom. The number of unbranched alkanes of at least 4 members (excludes halogenated alkanes) is 2. The summed E-state index contributed by atoms with van der Waals surface area (Å²) in [6.07, 6.45) is 7.39. The van der Waals surface area contributed by atoms with Gasteiger partial charge in [-0.05, 0) is 12.8 Å². The fourth-order valence-corrected chi connectivity index (χ4v) is 1.69. The molecule has 0 aromatic carbocycles. The van der Waals surface area contributed by atoms with E-state index in [2.05, 4.69) is 13.5 Å². The van der Waals surface area contributed by atoms with E-state index in [0.717, 1.165) is 12.8 Å². The Balaban J connectivity index is 4.00. The molecule has 0 spiro atoms. The van der Waals surface area contributed by atoms with E-state index >= 15 is 0 Å². The molecule has 0 N–H and O–H groups in total. The minimum Gasteiger partial charge on any atom is -0.299 e. The van der Waals surface area contributed by atoms with Crippen molar-refractivity contribution < 1.29 is 4.79 Å². The zero-order chi connectivity index (χ0) is 11.0. The van der Waals surface area contributed by atoms with Crippen LogP contribution in [0.4, 0.5) is 0 Å². The number of allylic oxidation sites excluding steroid dienone is 1. The SMILES string of the molecule is C=CCC(CCCCC)C(=O)C(C)C. The van der Waals surface area contributed by atoms with Crippen LogP contribution in [0.3, 0.4) is 0 Å². The molecule has 1 nitrogen and oxygen atoms in total.